The van der Waals surface area contributed by atoms with Crippen molar-refractivity contribution in [3.63, 3.8) is 0 Å². The van der Waals surface area contributed by atoms with Crippen LogP contribution in [0, 0.1) is 11.3 Å². The molecule has 0 saturated carbocycles. The minimum absolute atomic E-state index is 0.151. The highest BCUT2D eigenvalue weighted by Crippen LogP contribution is 2.23. The fraction of sp³-hybridized carbons (Fsp3) is 0.263. The summed E-state index contributed by atoms with van der Waals surface area (Å²) in [5.41, 5.74) is 0.710. The molecule has 1 amide bonds. The predicted molar refractivity (Wildman–Crippen MR) is 99.7 cm³/mol. The molecule has 1 N–H and O–H groups in total. The molecule has 140 valence electrons. The third-order valence-corrected chi connectivity index (χ3v) is 6.08. The number of anilines is 1. The number of para-hydroxylation sites is 1. The van der Waals surface area contributed by atoms with Crippen molar-refractivity contribution in [1.82, 2.24) is 4.31 Å². The summed E-state index contributed by atoms with van der Waals surface area (Å²) in [7, 11) is -3.55. The van der Waals surface area contributed by atoms with E-state index in [1.807, 2.05) is 6.07 Å². The van der Waals surface area contributed by atoms with Gasteiger partial charge in [-0.1, -0.05) is 18.2 Å². The van der Waals surface area contributed by atoms with E-state index in [-0.39, 0.29) is 11.5 Å². The van der Waals surface area contributed by atoms with Gasteiger partial charge in [-0.3, -0.25) is 4.79 Å². The monoisotopic (exact) mass is 385 g/mol. The van der Waals surface area contributed by atoms with Gasteiger partial charge in [0.1, 0.15) is 11.8 Å². The van der Waals surface area contributed by atoms with Gasteiger partial charge < -0.3 is 10.1 Å². The Bertz CT molecular complexity index is 976. The first-order valence-electron chi connectivity index (χ1n) is 8.53. The molecule has 2 aromatic carbocycles. The molecule has 0 aliphatic carbocycles. The van der Waals surface area contributed by atoms with Gasteiger partial charge in [-0.25, -0.2) is 8.42 Å². The van der Waals surface area contributed by atoms with Crippen molar-refractivity contribution < 1.29 is 17.9 Å². The molecule has 1 fully saturated rings. The van der Waals surface area contributed by atoms with E-state index in [0.717, 1.165) is 12.8 Å². The first kappa shape index (κ1) is 18.9. The van der Waals surface area contributed by atoms with Gasteiger partial charge in [0.05, 0.1) is 10.5 Å². The first-order chi connectivity index (χ1) is 13.0. The van der Waals surface area contributed by atoms with Crippen LogP contribution >= 0.6 is 0 Å². The van der Waals surface area contributed by atoms with Gasteiger partial charge in [0.2, 0.25) is 10.0 Å². The lowest BCUT2D eigenvalue weighted by molar-refractivity contribution is -0.118. The lowest BCUT2D eigenvalue weighted by Crippen LogP contribution is -2.28. The van der Waals surface area contributed by atoms with Crippen molar-refractivity contribution in [3.8, 4) is 11.8 Å². The van der Waals surface area contributed by atoms with Gasteiger partial charge in [0.25, 0.3) is 5.91 Å². The van der Waals surface area contributed by atoms with E-state index in [1.54, 1.807) is 36.4 Å². The summed E-state index contributed by atoms with van der Waals surface area (Å²) < 4.78 is 32.1. The number of benzene rings is 2. The third-order valence-electron chi connectivity index (χ3n) is 4.19. The van der Waals surface area contributed by atoms with Crippen LogP contribution in [-0.4, -0.2) is 38.3 Å². The van der Waals surface area contributed by atoms with Gasteiger partial charge in [-0.15, -0.1) is 0 Å². The van der Waals surface area contributed by atoms with Gasteiger partial charge in [-0.2, -0.15) is 9.57 Å². The van der Waals surface area contributed by atoms with Crippen LogP contribution in [0.15, 0.2) is 53.4 Å². The molecular formula is C19H19N3O4S. The number of hydrogen-bond donors (Lipinski definition) is 1. The molecule has 7 nitrogen and oxygen atoms in total. The van der Waals surface area contributed by atoms with Crippen molar-refractivity contribution in [1.29, 1.82) is 5.26 Å². The summed E-state index contributed by atoms with van der Waals surface area (Å²) in [6, 6.07) is 14.8. The third kappa shape index (κ3) is 4.45. The summed E-state index contributed by atoms with van der Waals surface area (Å²) in [5.74, 6) is -0.126. The quantitative estimate of drug-likeness (QED) is 0.823. The molecule has 0 unspecified atom stereocenters. The molecule has 27 heavy (non-hydrogen) atoms. The number of carbonyl (C=O) groups excluding carboxylic acids is 1. The van der Waals surface area contributed by atoms with Gasteiger partial charge >= 0.3 is 0 Å². The number of carbonyl (C=O) groups is 1. The summed E-state index contributed by atoms with van der Waals surface area (Å²) in [6.45, 7) is 0.748. The number of ether oxygens (including phenoxy) is 1. The standard InChI is InChI=1S/C19H19N3O4S/c20-13-15-6-1-2-9-18(15)26-14-19(23)21-16-7-5-8-17(12-16)27(24,25)22-10-3-4-11-22/h1-2,5-9,12H,3-4,10-11,14H2,(H,21,23). The minimum Gasteiger partial charge on any atom is -0.482 e. The number of sulfonamides is 1. The molecule has 1 saturated heterocycles. The van der Waals surface area contributed by atoms with Gasteiger partial charge in [0.15, 0.2) is 6.61 Å². The number of nitrogens with zero attached hydrogens (tertiary/aromatic N) is 2. The maximum absolute atomic E-state index is 12.6. The SMILES string of the molecule is N#Cc1ccccc1OCC(=O)Nc1cccc(S(=O)(=O)N2CCCC2)c1. The second-order valence-electron chi connectivity index (χ2n) is 6.08. The second kappa shape index (κ2) is 8.20. The average Bonchev–Trinajstić information content (AvgIpc) is 3.22. The fourth-order valence-electron chi connectivity index (χ4n) is 2.84. The molecule has 1 aliphatic rings. The molecular weight excluding hydrogens is 366 g/mol. The number of nitriles is 1. The Labute approximate surface area is 158 Å². The largest absolute Gasteiger partial charge is 0.482 e. The normalized spacial score (nSPS) is 14.5. The Morgan fingerprint density at radius 3 is 2.63 bits per heavy atom. The number of rotatable bonds is 6. The topological polar surface area (TPSA) is 99.5 Å². The molecule has 1 heterocycles. The van der Waals surface area contributed by atoms with E-state index in [0.29, 0.717) is 30.1 Å². The van der Waals surface area contributed by atoms with Crippen LogP contribution < -0.4 is 10.1 Å². The fourth-order valence-corrected chi connectivity index (χ4v) is 4.40. The Kier molecular flexibility index (Phi) is 5.74. The lowest BCUT2D eigenvalue weighted by Gasteiger charge is -2.16. The lowest BCUT2D eigenvalue weighted by atomic mass is 10.2. The van der Waals surface area contributed by atoms with Crippen LogP contribution in [0.3, 0.4) is 0 Å². The maximum atomic E-state index is 12.6. The van der Waals surface area contributed by atoms with Crippen LogP contribution in [0.4, 0.5) is 5.69 Å². The number of hydrogen-bond acceptors (Lipinski definition) is 5. The molecule has 3 rings (SSSR count). The van der Waals surface area contributed by atoms with E-state index in [1.165, 1.54) is 16.4 Å². The second-order valence-corrected chi connectivity index (χ2v) is 8.02. The highest BCUT2D eigenvalue weighted by atomic mass is 32.2. The molecule has 2 aromatic rings. The van der Waals surface area contributed by atoms with E-state index in [4.69, 9.17) is 10.00 Å². The zero-order chi connectivity index (χ0) is 19.3. The molecule has 1 aliphatic heterocycles. The summed E-state index contributed by atoms with van der Waals surface area (Å²) in [6.07, 6.45) is 1.72. The van der Waals surface area contributed by atoms with Crippen LogP contribution in [-0.2, 0) is 14.8 Å². The number of amides is 1. The van der Waals surface area contributed by atoms with E-state index in [2.05, 4.69) is 5.32 Å². The van der Waals surface area contributed by atoms with E-state index in [9.17, 15) is 13.2 Å². The number of nitrogens with one attached hydrogen (secondary N) is 1. The van der Waals surface area contributed by atoms with E-state index < -0.39 is 15.9 Å². The van der Waals surface area contributed by atoms with Gasteiger partial charge in [0, 0.05) is 18.8 Å². The van der Waals surface area contributed by atoms with E-state index >= 15 is 0 Å². The summed E-state index contributed by atoms with van der Waals surface area (Å²) >= 11 is 0. The zero-order valence-corrected chi connectivity index (χ0v) is 15.4. The smallest absolute Gasteiger partial charge is 0.262 e. The molecule has 0 atom stereocenters. The molecule has 0 aromatic heterocycles. The van der Waals surface area contributed by atoms with Crippen molar-refractivity contribution in [2.24, 2.45) is 0 Å². The summed E-state index contributed by atoms with van der Waals surface area (Å²) in [5, 5.41) is 11.6. The first-order valence-corrected chi connectivity index (χ1v) is 9.97. The van der Waals surface area contributed by atoms with Gasteiger partial charge in [-0.05, 0) is 43.2 Å². The Hall–Kier alpha value is -2.89. The Morgan fingerprint density at radius 1 is 1.15 bits per heavy atom. The van der Waals surface area contributed by atoms with Crippen molar-refractivity contribution in [3.05, 3.63) is 54.1 Å². The van der Waals surface area contributed by atoms with Crippen LogP contribution in [0.1, 0.15) is 18.4 Å². The molecule has 0 bridgehead atoms. The average molecular weight is 385 g/mol. The minimum atomic E-state index is -3.55. The van der Waals surface area contributed by atoms with Crippen molar-refractivity contribution in [2.75, 3.05) is 25.0 Å². The zero-order valence-electron chi connectivity index (χ0n) is 14.6. The highest BCUT2D eigenvalue weighted by molar-refractivity contribution is 7.89. The molecule has 8 heteroatoms. The predicted octanol–water partition coefficient (Wildman–Crippen LogP) is 2.36. The Morgan fingerprint density at radius 2 is 1.89 bits per heavy atom. The molecule has 0 spiro atoms. The van der Waals surface area contributed by atoms with Crippen molar-refractivity contribution in [2.45, 2.75) is 17.7 Å². The maximum Gasteiger partial charge on any atom is 0.262 e. The van der Waals surface area contributed by atoms with Crippen LogP contribution in [0.5, 0.6) is 5.75 Å². The van der Waals surface area contributed by atoms with Crippen LogP contribution in [0.2, 0.25) is 0 Å². The highest BCUT2D eigenvalue weighted by Gasteiger charge is 2.27. The van der Waals surface area contributed by atoms with Crippen molar-refractivity contribution >= 4 is 21.6 Å². The van der Waals surface area contributed by atoms with Crippen LogP contribution in [0.25, 0.3) is 0 Å². The summed E-state index contributed by atoms with van der Waals surface area (Å²) in [4.78, 5) is 12.3. The molecule has 0 radical (unpaired) electrons. The Balaban J connectivity index is 1.66.